The van der Waals surface area contributed by atoms with E-state index in [1.165, 1.54) is 32.1 Å². The molecule has 0 spiro atoms. The zero-order chi connectivity index (χ0) is 17.1. The topological polar surface area (TPSA) is 70.4 Å². The number of piperidine rings is 1. The lowest BCUT2D eigenvalue weighted by atomic mass is 9.91. The molecule has 1 saturated heterocycles. The molecule has 0 bridgehead atoms. The molecule has 0 aromatic carbocycles. The molecule has 6 nitrogen and oxygen atoms in total. The van der Waals surface area contributed by atoms with E-state index >= 15 is 0 Å². The maximum Gasteiger partial charge on any atom is 0.323 e. The van der Waals surface area contributed by atoms with Crippen molar-refractivity contribution in [2.45, 2.75) is 70.9 Å². The quantitative estimate of drug-likeness (QED) is 0.891. The van der Waals surface area contributed by atoms with Gasteiger partial charge in [0.1, 0.15) is 0 Å². The van der Waals surface area contributed by atoms with Crippen molar-refractivity contribution in [3.8, 4) is 0 Å². The van der Waals surface area contributed by atoms with Gasteiger partial charge in [-0.1, -0.05) is 19.3 Å². The van der Waals surface area contributed by atoms with Gasteiger partial charge in [0.15, 0.2) is 5.82 Å². The standard InChI is InChI=1S/C18H30N4O2/c1-13-11-17(20-22(13)16-8-4-3-5-9-16)19-18(24)21-10-6-7-15(12-23)14(21)2/h11,14-16,23H,3-10,12H2,1-2H3,(H,19,20,24). The molecule has 0 radical (unpaired) electrons. The number of nitrogens with zero attached hydrogens (tertiary/aromatic N) is 3. The van der Waals surface area contributed by atoms with Gasteiger partial charge < -0.3 is 10.0 Å². The Hall–Kier alpha value is -1.56. The lowest BCUT2D eigenvalue weighted by molar-refractivity contribution is 0.0908. The lowest BCUT2D eigenvalue weighted by Crippen LogP contribution is -2.49. The van der Waals surface area contributed by atoms with Crippen LogP contribution in [0.3, 0.4) is 0 Å². The van der Waals surface area contributed by atoms with Crippen LogP contribution in [0.1, 0.15) is 63.6 Å². The van der Waals surface area contributed by atoms with Crippen LogP contribution in [-0.4, -0.2) is 45.0 Å². The fourth-order valence-corrected chi connectivity index (χ4v) is 4.18. The molecule has 2 heterocycles. The average molecular weight is 334 g/mol. The molecular formula is C18H30N4O2. The van der Waals surface area contributed by atoms with Crippen molar-refractivity contribution in [1.29, 1.82) is 0 Å². The van der Waals surface area contributed by atoms with Gasteiger partial charge in [0.05, 0.1) is 6.04 Å². The number of amides is 2. The summed E-state index contributed by atoms with van der Waals surface area (Å²) in [7, 11) is 0. The van der Waals surface area contributed by atoms with Crippen molar-refractivity contribution in [3.63, 3.8) is 0 Å². The van der Waals surface area contributed by atoms with Crippen LogP contribution in [0.25, 0.3) is 0 Å². The summed E-state index contributed by atoms with van der Waals surface area (Å²) in [5.41, 5.74) is 1.11. The molecule has 6 heteroatoms. The number of hydrogen-bond acceptors (Lipinski definition) is 3. The first-order valence-corrected chi connectivity index (χ1v) is 9.34. The molecule has 24 heavy (non-hydrogen) atoms. The Labute approximate surface area is 144 Å². The highest BCUT2D eigenvalue weighted by atomic mass is 16.3. The summed E-state index contributed by atoms with van der Waals surface area (Å²) in [5, 5.41) is 17.1. The highest BCUT2D eigenvalue weighted by molar-refractivity contribution is 5.88. The monoisotopic (exact) mass is 334 g/mol. The van der Waals surface area contributed by atoms with Crippen LogP contribution >= 0.6 is 0 Å². The first-order valence-electron chi connectivity index (χ1n) is 9.34. The third kappa shape index (κ3) is 3.58. The number of likely N-dealkylation sites (tertiary alicyclic amines) is 1. The lowest BCUT2D eigenvalue weighted by Gasteiger charge is -2.38. The van der Waals surface area contributed by atoms with Crippen molar-refractivity contribution in [2.24, 2.45) is 5.92 Å². The maximum absolute atomic E-state index is 12.6. The van der Waals surface area contributed by atoms with Crippen molar-refractivity contribution >= 4 is 11.8 Å². The van der Waals surface area contributed by atoms with Crippen LogP contribution in [0.4, 0.5) is 10.6 Å². The summed E-state index contributed by atoms with van der Waals surface area (Å²) in [5.74, 6) is 0.812. The largest absolute Gasteiger partial charge is 0.396 e. The smallest absolute Gasteiger partial charge is 0.323 e. The predicted octanol–water partition coefficient (Wildman–Crippen LogP) is 3.32. The molecular weight excluding hydrogens is 304 g/mol. The molecule has 1 aliphatic heterocycles. The van der Waals surface area contributed by atoms with Gasteiger partial charge in [-0.05, 0) is 39.5 Å². The minimum Gasteiger partial charge on any atom is -0.396 e. The van der Waals surface area contributed by atoms with E-state index in [1.54, 1.807) is 0 Å². The van der Waals surface area contributed by atoms with E-state index in [2.05, 4.69) is 22.0 Å². The second-order valence-electron chi connectivity index (χ2n) is 7.36. The third-order valence-corrected chi connectivity index (χ3v) is 5.72. The molecule has 134 valence electrons. The van der Waals surface area contributed by atoms with E-state index < -0.39 is 0 Å². The van der Waals surface area contributed by atoms with Crippen LogP contribution in [0, 0.1) is 12.8 Å². The predicted molar refractivity (Wildman–Crippen MR) is 94.1 cm³/mol. The summed E-state index contributed by atoms with van der Waals surface area (Å²) in [6.45, 7) is 4.96. The normalized spacial score (nSPS) is 25.7. The fourth-order valence-electron chi connectivity index (χ4n) is 4.18. The summed E-state index contributed by atoms with van der Waals surface area (Å²) in [6, 6.07) is 2.39. The second kappa shape index (κ2) is 7.55. The Morgan fingerprint density at radius 3 is 2.75 bits per heavy atom. The Balaban J connectivity index is 1.66. The third-order valence-electron chi connectivity index (χ3n) is 5.72. The van der Waals surface area contributed by atoms with Gasteiger partial charge in [-0.2, -0.15) is 5.10 Å². The van der Waals surface area contributed by atoms with Gasteiger partial charge in [0, 0.05) is 36.9 Å². The summed E-state index contributed by atoms with van der Waals surface area (Å²) in [4.78, 5) is 14.5. The molecule has 2 amide bonds. The minimum atomic E-state index is -0.103. The number of nitrogens with one attached hydrogen (secondary N) is 1. The van der Waals surface area contributed by atoms with E-state index in [1.807, 2.05) is 17.9 Å². The number of aryl methyl sites for hydroxylation is 1. The van der Waals surface area contributed by atoms with Gasteiger partial charge in [-0.3, -0.25) is 10.00 Å². The van der Waals surface area contributed by atoms with Crippen LogP contribution in [-0.2, 0) is 0 Å². The highest BCUT2D eigenvalue weighted by Gasteiger charge is 2.31. The van der Waals surface area contributed by atoms with Crippen LogP contribution in [0.15, 0.2) is 6.07 Å². The number of carbonyl (C=O) groups is 1. The Kier molecular flexibility index (Phi) is 5.43. The van der Waals surface area contributed by atoms with Gasteiger partial charge in [0.2, 0.25) is 0 Å². The zero-order valence-corrected chi connectivity index (χ0v) is 14.9. The Morgan fingerprint density at radius 2 is 2.04 bits per heavy atom. The van der Waals surface area contributed by atoms with Crippen LogP contribution in [0.5, 0.6) is 0 Å². The molecule has 1 saturated carbocycles. The molecule has 2 aliphatic rings. The van der Waals surface area contributed by atoms with Gasteiger partial charge in [-0.15, -0.1) is 0 Å². The highest BCUT2D eigenvalue weighted by Crippen LogP contribution is 2.30. The molecule has 2 unspecified atom stereocenters. The van der Waals surface area contributed by atoms with E-state index in [0.717, 1.165) is 25.1 Å². The van der Waals surface area contributed by atoms with Gasteiger partial charge in [-0.25, -0.2) is 4.79 Å². The molecule has 2 atom stereocenters. The zero-order valence-electron chi connectivity index (χ0n) is 14.9. The van der Waals surface area contributed by atoms with Crippen molar-refractivity contribution in [3.05, 3.63) is 11.8 Å². The molecule has 1 aliphatic carbocycles. The van der Waals surface area contributed by atoms with E-state index in [4.69, 9.17) is 0 Å². The van der Waals surface area contributed by atoms with E-state index in [0.29, 0.717) is 11.9 Å². The van der Waals surface area contributed by atoms with Crippen LogP contribution in [0.2, 0.25) is 0 Å². The van der Waals surface area contributed by atoms with E-state index in [9.17, 15) is 9.90 Å². The Morgan fingerprint density at radius 1 is 1.29 bits per heavy atom. The number of aliphatic hydroxyl groups excluding tert-OH is 1. The fraction of sp³-hybridized carbons (Fsp3) is 0.778. The SMILES string of the molecule is Cc1cc(NC(=O)N2CCCC(CO)C2C)nn1C1CCCCC1. The van der Waals surface area contributed by atoms with Gasteiger partial charge in [0.25, 0.3) is 0 Å². The molecule has 3 rings (SSSR count). The molecule has 2 fully saturated rings. The minimum absolute atomic E-state index is 0.0604. The van der Waals surface area contributed by atoms with Crippen molar-refractivity contribution < 1.29 is 9.90 Å². The number of aromatic nitrogens is 2. The van der Waals surface area contributed by atoms with Gasteiger partial charge >= 0.3 is 6.03 Å². The number of anilines is 1. The number of hydrogen-bond donors (Lipinski definition) is 2. The summed E-state index contributed by atoms with van der Waals surface area (Å²) in [6.07, 6.45) is 8.13. The molecule has 1 aromatic rings. The molecule has 1 aromatic heterocycles. The number of aliphatic hydroxyl groups is 1. The number of carbonyl (C=O) groups excluding carboxylic acids is 1. The molecule has 2 N–H and O–H groups in total. The summed E-state index contributed by atoms with van der Waals surface area (Å²) >= 11 is 0. The maximum atomic E-state index is 12.6. The van der Waals surface area contributed by atoms with E-state index in [-0.39, 0.29) is 24.6 Å². The Bertz CT molecular complexity index is 565. The number of urea groups is 1. The average Bonchev–Trinajstić information content (AvgIpc) is 2.96. The first-order chi connectivity index (χ1) is 11.6. The second-order valence-corrected chi connectivity index (χ2v) is 7.36. The van der Waals surface area contributed by atoms with Crippen LogP contribution < -0.4 is 5.32 Å². The summed E-state index contributed by atoms with van der Waals surface area (Å²) < 4.78 is 2.09. The first kappa shape index (κ1) is 17.3. The number of rotatable bonds is 3. The van der Waals surface area contributed by atoms with Crippen molar-refractivity contribution in [2.75, 3.05) is 18.5 Å². The van der Waals surface area contributed by atoms with Crippen molar-refractivity contribution in [1.82, 2.24) is 14.7 Å².